The highest BCUT2D eigenvalue weighted by atomic mass is 16.6. The summed E-state index contributed by atoms with van der Waals surface area (Å²) in [7, 11) is 0. The molecule has 1 spiro atoms. The van der Waals surface area contributed by atoms with Crippen LogP contribution >= 0.6 is 0 Å². The van der Waals surface area contributed by atoms with E-state index < -0.39 is 5.60 Å². The van der Waals surface area contributed by atoms with Crippen molar-refractivity contribution < 1.29 is 19.0 Å². The Hall–Kier alpha value is -4.13. The minimum absolute atomic E-state index is 0.327. The van der Waals surface area contributed by atoms with Gasteiger partial charge in [0.1, 0.15) is 11.5 Å². The van der Waals surface area contributed by atoms with Gasteiger partial charge in [-0.25, -0.2) is 4.79 Å². The average molecular weight is 535 g/mol. The molecule has 0 aliphatic carbocycles. The second-order valence-corrected chi connectivity index (χ2v) is 10.2. The molecule has 0 saturated heterocycles. The highest BCUT2D eigenvalue weighted by Gasteiger charge is 2.53. The molecule has 1 unspecified atom stereocenters. The zero-order valence-corrected chi connectivity index (χ0v) is 23.0. The molecular weight excluding hydrogens is 500 g/mol. The number of rotatable bonds is 10. The van der Waals surface area contributed by atoms with Crippen molar-refractivity contribution in [1.82, 2.24) is 4.90 Å². The maximum Gasteiger partial charge on any atom is 0.340 e. The van der Waals surface area contributed by atoms with Crippen molar-refractivity contribution in [2.75, 3.05) is 31.6 Å². The molecule has 0 aromatic heterocycles. The quantitative estimate of drug-likeness (QED) is 0.171. The van der Waals surface area contributed by atoms with Crippen molar-refractivity contribution in [2.24, 2.45) is 0 Å². The summed E-state index contributed by atoms with van der Waals surface area (Å²) in [6, 6.07) is 29.9. The second-order valence-electron chi connectivity index (χ2n) is 10.2. The Balaban J connectivity index is 1.39. The van der Waals surface area contributed by atoms with E-state index in [-0.39, 0.29) is 5.97 Å². The van der Waals surface area contributed by atoms with Gasteiger partial charge in [0.15, 0.2) is 5.60 Å². The van der Waals surface area contributed by atoms with Gasteiger partial charge in [-0.2, -0.15) is 0 Å². The van der Waals surface area contributed by atoms with Crippen molar-refractivity contribution in [3.63, 3.8) is 0 Å². The molecule has 1 atom stereocenters. The third-order valence-electron chi connectivity index (χ3n) is 7.66. The molecule has 0 amide bonds. The number of hydrogen-bond donors (Lipinski definition) is 1. The van der Waals surface area contributed by atoms with Crippen LogP contribution in [0.15, 0.2) is 91.0 Å². The van der Waals surface area contributed by atoms with Gasteiger partial charge in [0.2, 0.25) is 0 Å². The predicted octanol–water partition coefficient (Wildman–Crippen LogP) is 7.25. The lowest BCUT2D eigenvalue weighted by molar-refractivity contribution is 0.0224. The van der Waals surface area contributed by atoms with E-state index in [1.165, 1.54) is 0 Å². The number of hydrogen-bond acceptors (Lipinski definition) is 6. The first kappa shape index (κ1) is 26.1. The molecule has 4 aromatic carbocycles. The lowest BCUT2D eigenvalue weighted by atomic mass is 9.77. The van der Waals surface area contributed by atoms with E-state index in [4.69, 9.17) is 14.2 Å². The third kappa shape index (κ3) is 4.74. The van der Waals surface area contributed by atoms with Gasteiger partial charge in [0, 0.05) is 54.4 Å². The molecular formula is C34H34N2O4. The molecule has 6 heteroatoms. The monoisotopic (exact) mass is 534 g/mol. The van der Waals surface area contributed by atoms with Crippen LogP contribution in [0.25, 0.3) is 0 Å². The second kappa shape index (κ2) is 11.2. The number of esters is 1. The molecule has 6 rings (SSSR count). The highest BCUT2D eigenvalue weighted by Crippen LogP contribution is 2.56. The topological polar surface area (TPSA) is 60.0 Å². The minimum Gasteiger partial charge on any atom is -0.456 e. The summed E-state index contributed by atoms with van der Waals surface area (Å²) in [4.78, 5) is 15.6. The number of benzene rings is 4. The summed E-state index contributed by atoms with van der Waals surface area (Å²) in [5, 5.41) is 3.47. The van der Waals surface area contributed by atoms with E-state index in [2.05, 4.69) is 35.3 Å². The molecule has 2 aliphatic rings. The Kier molecular flexibility index (Phi) is 7.29. The van der Waals surface area contributed by atoms with Crippen molar-refractivity contribution in [3.8, 4) is 11.5 Å². The Labute approximate surface area is 235 Å². The Bertz CT molecular complexity index is 1520. The first-order valence-electron chi connectivity index (χ1n) is 14.0. The van der Waals surface area contributed by atoms with Crippen LogP contribution in [0, 0.1) is 0 Å². The van der Waals surface area contributed by atoms with Gasteiger partial charge < -0.3 is 19.5 Å². The van der Waals surface area contributed by atoms with E-state index in [1.54, 1.807) is 0 Å². The largest absolute Gasteiger partial charge is 0.456 e. The number of carbonyl (C=O) groups is 1. The van der Waals surface area contributed by atoms with E-state index >= 15 is 0 Å². The fourth-order valence-electron chi connectivity index (χ4n) is 5.72. The molecule has 204 valence electrons. The smallest absolute Gasteiger partial charge is 0.340 e. The van der Waals surface area contributed by atoms with Crippen LogP contribution < -0.4 is 10.1 Å². The maximum absolute atomic E-state index is 13.2. The van der Waals surface area contributed by atoms with Crippen molar-refractivity contribution in [2.45, 2.75) is 32.4 Å². The first-order chi connectivity index (χ1) is 19.6. The zero-order valence-electron chi connectivity index (χ0n) is 23.0. The van der Waals surface area contributed by atoms with Crippen LogP contribution in [0.2, 0.25) is 0 Å². The number of para-hydroxylation sites is 1. The normalized spacial score (nSPS) is 16.7. The van der Waals surface area contributed by atoms with Gasteiger partial charge >= 0.3 is 5.97 Å². The molecule has 0 radical (unpaired) electrons. The maximum atomic E-state index is 13.2. The van der Waals surface area contributed by atoms with Gasteiger partial charge in [0.05, 0.1) is 5.56 Å². The summed E-state index contributed by atoms with van der Waals surface area (Å²) in [5.41, 5.74) is 4.97. The molecule has 4 aromatic rings. The highest BCUT2D eigenvalue weighted by molar-refractivity contribution is 5.97. The van der Waals surface area contributed by atoms with Gasteiger partial charge in [-0.05, 0) is 67.9 Å². The summed E-state index contributed by atoms with van der Waals surface area (Å²) in [6.45, 7) is 8.42. The summed E-state index contributed by atoms with van der Waals surface area (Å²) >= 11 is 0. The SMILES string of the molecule is CCOCCCN(CC)Cc1ccc2c(c1)Oc1ccc(Nc3ccccc3)cc1C21OC(=O)c2ccccc21. The van der Waals surface area contributed by atoms with Gasteiger partial charge in [-0.3, -0.25) is 4.90 Å². The number of fused-ring (bicyclic) bond motifs is 6. The number of carbonyl (C=O) groups excluding carboxylic acids is 1. The zero-order chi connectivity index (χ0) is 27.5. The fraction of sp³-hybridized carbons (Fsp3) is 0.265. The van der Waals surface area contributed by atoms with Gasteiger partial charge in [-0.1, -0.05) is 55.5 Å². The predicted molar refractivity (Wildman–Crippen MR) is 156 cm³/mol. The first-order valence-corrected chi connectivity index (χ1v) is 14.0. The van der Waals surface area contributed by atoms with Gasteiger partial charge in [-0.15, -0.1) is 0 Å². The van der Waals surface area contributed by atoms with Gasteiger partial charge in [0.25, 0.3) is 0 Å². The van der Waals surface area contributed by atoms with Crippen LogP contribution in [0.5, 0.6) is 11.5 Å². The van der Waals surface area contributed by atoms with E-state index in [0.717, 1.165) is 72.9 Å². The Morgan fingerprint density at radius 3 is 2.48 bits per heavy atom. The van der Waals surface area contributed by atoms with Crippen molar-refractivity contribution in [1.29, 1.82) is 0 Å². The molecule has 0 saturated carbocycles. The van der Waals surface area contributed by atoms with Crippen molar-refractivity contribution in [3.05, 3.63) is 119 Å². The summed E-state index contributed by atoms with van der Waals surface area (Å²) in [5.74, 6) is 1.06. The minimum atomic E-state index is -1.09. The number of nitrogens with zero attached hydrogens (tertiary/aromatic N) is 1. The molecule has 0 bridgehead atoms. The van der Waals surface area contributed by atoms with Crippen LogP contribution in [-0.2, 0) is 21.6 Å². The number of anilines is 2. The third-order valence-corrected chi connectivity index (χ3v) is 7.66. The summed E-state index contributed by atoms with van der Waals surface area (Å²) in [6.07, 6.45) is 0.992. The van der Waals surface area contributed by atoms with E-state index in [0.29, 0.717) is 17.1 Å². The molecule has 2 aliphatic heterocycles. The van der Waals surface area contributed by atoms with Crippen LogP contribution in [0.3, 0.4) is 0 Å². The molecule has 6 nitrogen and oxygen atoms in total. The lowest BCUT2D eigenvalue weighted by Gasteiger charge is -2.37. The van der Waals surface area contributed by atoms with Crippen LogP contribution in [0.4, 0.5) is 11.4 Å². The number of nitrogens with one attached hydrogen (secondary N) is 1. The van der Waals surface area contributed by atoms with Crippen LogP contribution in [-0.4, -0.2) is 37.2 Å². The molecule has 1 N–H and O–H groups in total. The molecule has 0 fully saturated rings. The van der Waals surface area contributed by atoms with Crippen LogP contribution in [0.1, 0.15) is 52.9 Å². The average Bonchev–Trinajstić information content (AvgIpc) is 3.28. The van der Waals surface area contributed by atoms with E-state index in [1.807, 2.05) is 79.7 Å². The standard InChI is InChI=1S/C34H34N2O4/c1-3-36(19-10-20-38-4-2)23-24-15-17-29-32(21-24)39-31-18-16-26(35-25-11-6-5-7-12-25)22-30(31)34(29)28-14-9-8-13-27(28)33(37)40-34/h5-9,11-18,21-22,35H,3-4,10,19-20,23H2,1-2H3. The Morgan fingerprint density at radius 2 is 1.65 bits per heavy atom. The molecule has 2 heterocycles. The lowest BCUT2D eigenvalue weighted by Crippen LogP contribution is -2.33. The van der Waals surface area contributed by atoms with E-state index in [9.17, 15) is 4.79 Å². The number of ether oxygens (including phenoxy) is 3. The Morgan fingerprint density at radius 1 is 0.825 bits per heavy atom. The van der Waals surface area contributed by atoms with Crippen molar-refractivity contribution >= 4 is 17.3 Å². The fourth-order valence-corrected chi connectivity index (χ4v) is 5.72. The summed E-state index contributed by atoms with van der Waals surface area (Å²) < 4.78 is 18.4. The molecule has 40 heavy (non-hydrogen) atoms.